The molecule has 5 N–H and O–H groups in total. The van der Waals surface area contributed by atoms with Gasteiger partial charge in [0.1, 0.15) is 6.04 Å². The number of nitrogens with one attached hydrogen (secondary N) is 2. The van der Waals surface area contributed by atoms with Gasteiger partial charge in [-0.1, -0.05) is 0 Å². The van der Waals surface area contributed by atoms with Crippen LogP contribution < -0.4 is 16.4 Å². The number of nitrogens with two attached hydrogens (primary N) is 1. The van der Waals surface area contributed by atoms with E-state index in [9.17, 15) is 14.4 Å². The van der Waals surface area contributed by atoms with Gasteiger partial charge in [0.2, 0.25) is 17.7 Å². The van der Waals surface area contributed by atoms with Gasteiger partial charge in [-0.05, 0) is 30.8 Å². The number of rotatable bonds is 11. The topological polar surface area (TPSA) is 139 Å². The largest absolute Gasteiger partial charge is 0.483 e. The molecule has 3 amide bonds. The fourth-order valence-corrected chi connectivity index (χ4v) is 1.95. The molecule has 0 rings (SSSR count). The first-order valence-corrected chi connectivity index (χ1v) is 8.34. The van der Waals surface area contributed by atoms with Crippen LogP contribution >= 0.6 is 25.3 Å². The Hall–Kier alpha value is -1.42. The molecule has 0 heterocycles. The highest BCUT2D eigenvalue weighted by molar-refractivity contribution is 7.80. The molecule has 0 aromatic carbocycles. The number of thiol groups is 2. The van der Waals surface area contributed by atoms with Crippen LogP contribution in [-0.2, 0) is 19.2 Å². The highest BCUT2D eigenvalue weighted by Gasteiger charge is 2.16. The van der Waals surface area contributed by atoms with Gasteiger partial charge < -0.3 is 21.5 Å². The highest BCUT2D eigenvalue weighted by atomic mass is 32.1. The molecule has 0 spiro atoms. The minimum Gasteiger partial charge on any atom is -0.483 e. The van der Waals surface area contributed by atoms with Crippen molar-refractivity contribution >= 4 is 49.5 Å². The quantitative estimate of drug-likeness (QED) is 0.167. The van der Waals surface area contributed by atoms with Crippen LogP contribution in [0.1, 0.15) is 32.1 Å². The maximum absolute atomic E-state index is 11.4. The van der Waals surface area contributed by atoms with Crippen molar-refractivity contribution in [2.24, 2.45) is 5.73 Å². The first-order valence-electron chi connectivity index (χ1n) is 7.07. The van der Waals surface area contributed by atoms with Crippen LogP contribution in [0, 0.1) is 0 Å². The zero-order valence-electron chi connectivity index (χ0n) is 12.9. The molecule has 0 bridgehead atoms. The smallest absolute Gasteiger partial charge is 0.290 e. The summed E-state index contributed by atoms with van der Waals surface area (Å²) in [5, 5.41) is 12.2. The maximum atomic E-state index is 11.4. The van der Waals surface area contributed by atoms with E-state index < -0.39 is 11.9 Å². The first-order chi connectivity index (χ1) is 10.9. The molecule has 23 heavy (non-hydrogen) atoms. The first kappa shape index (κ1) is 23.8. The van der Waals surface area contributed by atoms with E-state index >= 15 is 0 Å². The number of carbonyl (C=O) groups is 4. The maximum Gasteiger partial charge on any atom is 0.290 e. The number of hydrogen-bond donors (Lipinski definition) is 6. The summed E-state index contributed by atoms with van der Waals surface area (Å²) in [6.07, 6.45) is 2.54. The number of carbonyl (C=O) groups excluding carboxylic acids is 3. The SMILES string of the molecule is NC(=O)C(CCCCNC(=O)CCS)NC(=O)CCS.O=CO. The second-order valence-electron chi connectivity index (χ2n) is 4.42. The predicted molar refractivity (Wildman–Crippen MR) is 93.6 cm³/mol. The summed E-state index contributed by atoms with van der Waals surface area (Å²) in [5.41, 5.74) is 5.23. The van der Waals surface area contributed by atoms with Crippen molar-refractivity contribution in [3.05, 3.63) is 0 Å². The van der Waals surface area contributed by atoms with E-state index in [0.29, 0.717) is 37.3 Å². The minimum atomic E-state index is -0.657. The average Bonchev–Trinajstić information content (AvgIpc) is 2.47. The Morgan fingerprint density at radius 2 is 1.61 bits per heavy atom. The van der Waals surface area contributed by atoms with E-state index in [2.05, 4.69) is 35.9 Å². The second kappa shape index (κ2) is 16.9. The zero-order valence-corrected chi connectivity index (χ0v) is 14.7. The summed E-state index contributed by atoms with van der Waals surface area (Å²) in [6.45, 7) is 0.294. The van der Waals surface area contributed by atoms with Crippen LogP contribution in [0.25, 0.3) is 0 Å². The van der Waals surface area contributed by atoms with Gasteiger partial charge in [0.25, 0.3) is 6.47 Å². The molecule has 0 saturated heterocycles. The molecule has 10 heteroatoms. The molecule has 0 aliphatic carbocycles. The van der Waals surface area contributed by atoms with Crippen molar-refractivity contribution < 1.29 is 24.3 Å². The molecule has 0 saturated carbocycles. The summed E-state index contributed by atoms with van der Waals surface area (Å²) >= 11 is 7.91. The normalized spacial score (nSPS) is 10.7. The predicted octanol–water partition coefficient (Wildman–Crippen LogP) is -0.416. The van der Waals surface area contributed by atoms with Gasteiger partial charge in [0, 0.05) is 19.4 Å². The lowest BCUT2D eigenvalue weighted by atomic mass is 10.1. The van der Waals surface area contributed by atoms with Crippen LogP contribution in [0.2, 0.25) is 0 Å². The van der Waals surface area contributed by atoms with E-state index in [4.69, 9.17) is 15.6 Å². The third-order valence-electron chi connectivity index (χ3n) is 2.60. The molecule has 0 aromatic heterocycles. The third-order valence-corrected chi connectivity index (χ3v) is 3.05. The van der Waals surface area contributed by atoms with Gasteiger partial charge in [0.15, 0.2) is 0 Å². The lowest BCUT2D eigenvalue weighted by molar-refractivity contribution is -0.127. The Morgan fingerprint density at radius 1 is 1.09 bits per heavy atom. The summed E-state index contributed by atoms with van der Waals surface area (Å²) in [4.78, 5) is 42.1. The van der Waals surface area contributed by atoms with Crippen LogP contribution in [0.5, 0.6) is 0 Å². The molecule has 0 aliphatic rings. The Morgan fingerprint density at radius 3 is 2.09 bits per heavy atom. The summed E-state index contributed by atoms with van der Waals surface area (Å²) in [6, 6.07) is -0.657. The Kier molecular flexibility index (Phi) is 17.6. The molecule has 0 aromatic rings. The number of primary amides is 1. The van der Waals surface area contributed by atoms with Gasteiger partial charge in [-0.15, -0.1) is 0 Å². The highest BCUT2D eigenvalue weighted by Crippen LogP contribution is 2.01. The monoisotopic (exact) mass is 367 g/mol. The van der Waals surface area contributed by atoms with E-state index in [-0.39, 0.29) is 24.7 Å². The number of unbranched alkanes of at least 4 members (excludes halogenated alkanes) is 1. The van der Waals surface area contributed by atoms with Gasteiger partial charge in [-0.25, -0.2) is 0 Å². The van der Waals surface area contributed by atoms with Crippen molar-refractivity contribution in [1.82, 2.24) is 10.6 Å². The molecule has 8 nitrogen and oxygen atoms in total. The van der Waals surface area contributed by atoms with E-state index in [1.165, 1.54) is 0 Å². The molecular formula is C13H25N3O5S2. The van der Waals surface area contributed by atoms with Crippen molar-refractivity contribution in [2.75, 3.05) is 18.1 Å². The van der Waals surface area contributed by atoms with Crippen LogP contribution in [-0.4, -0.2) is 53.4 Å². The van der Waals surface area contributed by atoms with Gasteiger partial charge in [0.05, 0.1) is 0 Å². The van der Waals surface area contributed by atoms with Gasteiger partial charge >= 0.3 is 0 Å². The Bertz CT molecular complexity index is 370. The van der Waals surface area contributed by atoms with Crippen molar-refractivity contribution in [1.29, 1.82) is 0 Å². The van der Waals surface area contributed by atoms with Gasteiger partial charge in [-0.3, -0.25) is 19.2 Å². The molecular weight excluding hydrogens is 342 g/mol. The van der Waals surface area contributed by atoms with E-state index in [1.54, 1.807) is 0 Å². The van der Waals surface area contributed by atoms with Crippen molar-refractivity contribution in [3.8, 4) is 0 Å². The number of amides is 3. The Labute approximate surface area is 146 Å². The minimum absolute atomic E-state index is 0.0338. The zero-order chi connectivity index (χ0) is 18.1. The van der Waals surface area contributed by atoms with Crippen LogP contribution in [0.3, 0.4) is 0 Å². The van der Waals surface area contributed by atoms with Crippen molar-refractivity contribution in [3.63, 3.8) is 0 Å². The number of hydrogen-bond acceptors (Lipinski definition) is 6. The summed E-state index contributed by atoms with van der Waals surface area (Å²) in [7, 11) is 0. The molecule has 0 fully saturated rings. The molecule has 0 aliphatic heterocycles. The summed E-state index contributed by atoms with van der Waals surface area (Å²) in [5.74, 6) is 0.136. The average molecular weight is 367 g/mol. The fraction of sp³-hybridized carbons (Fsp3) is 0.692. The summed E-state index contributed by atoms with van der Waals surface area (Å²) < 4.78 is 0. The third kappa shape index (κ3) is 16.8. The number of carboxylic acid groups (broad SMARTS) is 1. The van der Waals surface area contributed by atoms with Crippen LogP contribution in [0.4, 0.5) is 0 Å². The van der Waals surface area contributed by atoms with Gasteiger partial charge in [-0.2, -0.15) is 25.3 Å². The molecule has 1 atom stereocenters. The Balaban J connectivity index is 0. The fourth-order valence-electron chi connectivity index (χ4n) is 1.54. The lowest BCUT2D eigenvalue weighted by Gasteiger charge is -2.15. The van der Waals surface area contributed by atoms with E-state index in [1.807, 2.05) is 0 Å². The van der Waals surface area contributed by atoms with Crippen molar-refractivity contribution in [2.45, 2.75) is 38.1 Å². The molecule has 0 radical (unpaired) electrons. The molecule has 134 valence electrons. The molecule has 1 unspecified atom stereocenters. The van der Waals surface area contributed by atoms with Crippen LogP contribution in [0.15, 0.2) is 0 Å². The standard InChI is InChI=1S/C12H23N3O3S2.CH2O2/c13-12(18)9(15-11(17)5-8-20)3-1-2-6-14-10(16)4-7-19;2-1-3/h9,19-20H,1-8H2,(H2,13,18)(H,14,16)(H,15,17);1H,(H,2,3). The second-order valence-corrected chi connectivity index (χ2v) is 5.32. The lowest BCUT2D eigenvalue weighted by Crippen LogP contribution is -2.44. The van der Waals surface area contributed by atoms with E-state index in [0.717, 1.165) is 6.42 Å².